The molecular formula is C21H17ClN4S. The molecule has 0 atom stereocenters. The topological polar surface area (TPSA) is 46.5 Å². The van der Waals surface area contributed by atoms with E-state index in [9.17, 15) is 0 Å². The zero-order valence-electron chi connectivity index (χ0n) is 14.4. The molecule has 0 saturated heterocycles. The molecule has 0 unspecified atom stereocenters. The van der Waals surface area contributed by atoms with E-state index in [2.05, 4.69) is 62.5 Å². The standard InChI is InChI=1S/C21H16N4S.ClH/c1-2-6-15(7-3-1)18-14-26-21(24-18)25-13-16(12-20-22-10-11-23-20)17-8-4-5-9-19(17)25;/h1-11,13-14H,12H2,(H,22,23);1H. The number of hydrogen-bond donors (Lipinski definition) is 1. The fraction of sp³-hybridized carbons (Fsp3) is 0.0476. The maximum Gasteiger partial charge on any atom is 0.194 e. The zero-order valence-corrected chi connectivity index (χ0v) is 16.0. The van der Waals surface area contributed by atoms with Gasteiger partial charge in [-0.25, -0.2) is 9.97 Å². The first-order chi connectivity index (χ1) is 12.9. The smallest absolute Gasteiger partial charge is 0.194 e. The van der Waals surface area contributed by atoms with Crippen molar-refractivity contribution in [3.63, 3.8) is 0 Å². The first kappa shape index (κ1) is 17.5. The molecule has 0 saturated carbocycles. The molecule has 0 bridgehead atoms. The van der Waals surface area contributed by atoms with Crippen LogP contribution >= 0.6 is 23.7 Å². The van der Waals surface area contributed by atoms with Gasteiger partial charge in [0.1, 0.15) is 5.82 Å². The number of para-hydroxylation sites is 1. The van der Waals surface area contributed by atoms with Gasteiger partial charge in [-0.3, -0.25) is 4.57 Å². The van der Waals surface area contributed by atoms with Crippen LogP contribution in [0.5, 0.6) is 0 Å². The van der Waals surface area contributed by atoms with Gasteiger partial charge in [-0.15, -0.1) is 23.7 Å². The molecule has 4 nitrogen and oxygen atoms in total. The van der Waals surface area contributed by atoms with E-state index in [1.54, 1.807) is 17.5 Å². The Kier molecular flexibility index (Phi) is 4.79. The molecule has 0 spiro atoms. The van der Waals surface area contributed by atoms with E-state index in [4.69, 9.17) is 4.98 Å². The first-order valence-electron chi connectivity index (χ1n) is 8.47. The number of benzene rings is 2. The van der Waals surface area contributed by atoms with Gasteiger partial charge in [-0.1, -0.05) is 48.5 Å². The number of halogens is 1. The summed E-state index contributed by atoms with van der Waals surface area (Å²) in [6.45, 7) is 0. The lowest BCUT2D eigenvalue weighted by atomic mass is 10.1. The number of H-pyrrole nitrogens is 1. The Labute approximate surface area is 167 Å². The molecule has 1 N–H and O–H groups in total. The van der Waals surface area contributed by atoms with Crippen LogP contribution in [-0.4, -0.2) is 19.5 Å². The van der Waals surface area contributed by atoms with Crippen molar-refractivity contribution in [2.24, 2.45) is 0 Å². The quantitative estimate of drug-likeness (QED) is 0.439. The van der Waals surface area contributed by atoms with Gasteiger partial charge in [0.2, 0.25) is 0 Å². The van der Waals surface area contributed by atoms with Crippen molar-refractivity contribution >= 4 is 34.6 Å². The van der Waals surface area contributed by atoms with Crippen molar-refractivity contribution < 1.29 is 0 Å². The normalized spacial score (nSPS) is 10.8. The fourth-order valence-corrected chi connectivity index (χ4v) is 4.06. The third-order valence-electron chi connectivity index (χ3n) is 4.47. The lowest BCUT2D eigenvalue weighted by molar-refractivity contribution is 1.01. The summed E-state index contributed by atoms with van der Waals surface area (Å²) in [6, 6.07) is 18.7. The molecule has 2 aromatic carbocycles. The predicted molar refractivity (Wildman–Crippen MR) is 113 cm³/mol. The monoisotopic (exact) mass is 392 g/mol. The van der Waals surface area contributed by atoms with Crippen LogP contribution in [0.1, 0.15) is 11.4 Å². The van der Waals surface area contributed by atoms with Crippen LogP contribution in [0.15, 0.2) is 78.6 Å². The maximum atomic E-state index is 4.87. The van der Waals surface area contributed by atoms with Crippen LogP contribution in [0, 0.1) is 0 Å². The number of rotatable bonds is 4. The van der Waals surface area contributed by atoms with E-state index < -0.39 is 0 Å². The highest BCUT2D eigenvalue weighted by Crippen LogP contribution is 2.30. The third kappa shape index (κ3) is 3.27. The summed E-state index contributed by atoms with van der Waals surface area (Å²) < 4.78 is 2.19. The molecule has 6 heteroatoms. The maximum absolute atomic E-state index is 4.87. The van der Waals surface area contributed by atoms with Gasteiger partial charge in [-0.2, -0.15) is 0 Å². The molecule has 3 heterocycles. The molecule has 0 aliphatic rings. The fourth-order valence-electron chi connectivity index (χ4n) is 3.24. The van der Waals surface area contributed by atoms with E-state index >= 15 is 0 Å². The first-order valence-corrected chi connectivity index (χ1v) is 9.35. The minimum Gasteiger partial charge on any atom is -0.348 e. The second kappa shape index (κ2) is 7.39. The summed E-state index contributed by atoms with van der Waals surface area (Å²) in [5.74, 6) is 0.969. The molecule has 27 heavy (non-hydrogen) atoms. The SMILES string of the molecule is Cl.c1ccc(-c2csc(-n3cc(Cc4ncc[nH]4)c4ccccc43)n2)cc1. The summed E-state index contributed by atoms with van der Waals surface area (Å²) in [4.78, 5) is 12.4. The van der Waals surface area contributed by atoms with E-state index in [-0.39, 0.29) is 12.4 Å². The molecule has 0 aliphatic heterocycles. The summed E-state index contributed by atoms with van der Waals surface area (Å²) in [7, 11) is 0. The van der Waals surface area contributed by atoms with Gasteiger partial charge in [0.25, 0.3) is 0 Å². The van der Waals surface area contributed by atoms with Gasteiger partial charge in [0.15, 0.2) is 5.13 Å². The van der Waals surface area contributed by atoms with E-state index in [1.807, 2.05) is 24.4 Å². The summed E-state index contributed by atoms with van der Waals surface area (Å²) in [5.41, 5.74) is 4.56. The Morgan fingerprint density at radius 2 is 1.81 bits per heavy atom. The number of imidazole rings is 1. The average Bonchev–Trinajstić information content (AvgIpc) is 3.43. The summed E-state index contributed by atoms with van der Waals surface area (Å²) in [6.07, 6.45) is 6.61. The van der Waals surface area contributed by atoms with E-state index in [1.165, 1.54) is 16.5 Å². The Hall–Kier alpha value is -2.89. The van der Waals surface area contributed by atoms with Crippen molar-refractivity contribution in [3.8, 4) is 16.4 Å². The lowest BCUT2D eigenvalue weighted by Gasteiger charge is -2.00. The van der Waals surface area contributed by atoms with Crippen molar-refractivity contribution in [2.45, 2.75) is 6.42 Å². The minimum absolute atomic E-state index is 0. The van der Waals surface area contributed by atoms with Crippen molar-refractivity contribution in [1.29, 1.82) is 0 Å². The largest absolute Gasteiger partial charge is 0.348 e. The average molecular weight is 393 g/mol. The molecule has 0 fully saturated rings. The van der Waals surface area contributed by atoms with Crippen LogP contribution in [0.25, 0.3) is 27.3 Å². The molecule has 5 aromatic rings. The molecule has 5 rings (SSSR count). The number of thiazole rings is 1. The molecule has 0 radical (unpaired) electrons. The molecule has 3 aromatic heterocycles. The lowest BCUT2D eigenvalue weighted by Crippen LogP contribution is -1.92. The highest BCUT2D eigenvalue weighted by atomic mass is 35.5. The second-order valence-corrected chi connectivity index (χ2v) is 6.97. The van der Waals surface area contributed by atoms with Gasteiger partial charge in [-0.05, 0) is 11.6 Å². The van der Waals surface area contributed by atoms with Gasteiger partial charge >= 0.3 is 0 Å². The van der Waals surface area contributed by atoms with Gasteiger partial charge in [0.05, 0.1) is 11.2 Å². The molecule has 134 valence electrons. The summed E-state index contributed by atoms with van der Waals surface area (Å²) in [5, 5.41) is 4.33. The second-order valence-electron chi connectivity index (χ2n) is 6.14. The van der Waals surface area contributed by atoms with Crippen molar-refractivity contribution in [1.82, 2.24) is 19.5 Å². The number of fused-ring (bicyclic) bond motifs is 1. The van der Waals surface area contributed by atoms with Crippen LogP contribution in [0.3, 0.4) is 0 Å². The minimum atomic E-state index is 0. The number of aromatic nitrogens is 4. The highest BCUT2D eigenvalue weighted by molar-refractivity contribution is 7.12. The molecular weight excluding hydrogens is 376 g/mol. The van der Waals surface area contributed by atoms with Crippen LogP contribution in [0.2, 0.25) is 0 Å². The number of nitrogens with one attached hydrogen (secondary N) is 1. The van der Waals surface area contributed by atoms with Crippen LogP contribution in [0.4, 0.5) is 0 Å². The zero-order chi connectivity index (χ0) is 17.3. The molecule has 0 aliphatic carbocycles. The Balaban J connectivity index is 0.00000180. The Morgan fingerprint density at radius 3 is 2.63 bits per heavy atom. The van der Waals surface area contributed by atoms with E-state index in [0.717, 1.165) is 28.6 Å². The van der Waals surface area contributed by atoms with Crippen molar-refractivity contribution in [2.75, 3.05) is 0 Å². The van der Waals surface area contributed by atoms with Gasteiger partial charge in [0, 0.05) is 41.3 Å². The van der Waals surface area contributed by atoms with Crippen LogP contribution in [-0.2, 0) is 6.42 Å². The van der Waals surface area contributed by atoms with Crippen LogP contribution < -0.4 is 0 Å². The molecule has 0 amide bonds. The Morgan fingerprint density at radius 1 is 1.00 bits per heavy atom. The van der Waals surface area contributed by atoms with Crippen molar-refractivity contribution in [3.05, 3.63) is 90.0 Å². The number of aromatic amines is 1. The third-order valence-corrected chi connectivity index (χ3v) is 5.31. The predicted octanol–water partition coefficient (Wildman–Crippen LogP) is 5.49. The number of nitrogens with zero attached hydrogens (tertiary/aromatic N) is 3. The Bertz CT molecular complexity index is 1160. The van der Waals surface area contributed by atoms with Gasteiger partial charge < -0.3 is 4.98 Å². The highest BCUT2D eigenvalue weighted by Gasteiger charge is 2.13. The number of hydrogen-bond acceptors (Lipinski definition) is 3. The van der Waals surface area contributed by atoms with E-state index in [0.29, 0.717) is 0 Å². The summed E-state index contributed by atoms with van der Waals surface area (Å²) >= 11 is 1.66.